The molecule has 24 heavy (non-hydrogen) atoms. The molecule has 0 bridgehead atoms. The lowest BCUT2D eigenvalue weighted by atomic mass is 9.82. The van der Waals surface area contributed by atoms with Gasteiger partial charge in [-0.2, -0.15) is 13.2 Å². The molecule has 1 fully saturated rings. The molecule has 132 valence electrons. The molecule has 1 saturated heterocycles. The van der Waals surface area contributed by atoms with Crippen LogP contribution in [0.2, 0.25) is 0 Å². The van der Waals surface area contributed by atoms with Crippen LogP contribution in [0.3, 0.4) is 0 Å². The second-order valence-corrected chi connectivity index (χ2v) is 5.16. The van der Waals surface area contributed by atoms with Crippen LogP contribution in [0.5, 0.6) is 5.75 Å². The summed E-state index contributed by atoms with van der Waals surface area (Å²) in [7, 11) is 0. The summed E-state index contributed by atoms with van der Waals surface area (Å²) in [6, 6.07) is 2.11. The third-order valence-corrected chi connectivity index (χ3v) is 3.58. The molecule has 2 amide bonds. The first-order chi connectivity index (χ1) is 11.1. The molecule has 1 heterocycles. The van der Waals surface area contributed by atoms with Gasteiger partial charge >= 0.3 is 18.2 Å². The van der Waals surface area contributed by atoms with E-state index in [0.29, 0.717) is 0 Å². The van der Waals surface area contributed by atoms with Gasteiger partial charge < -0.3 is 25.6 Å². The number of hydrogen-bond acceptors (Lipinski definition) is 5. The van der Waals surface area contributed by atoms with Crippen molar-refractivity contribution >= 4 is 12.0 Å². The number of urea groups is 1. The normalized spacial score (nSPS) is 27.1. The summed E-state index contributed by atoms with van der Waals surface area (Å²) < 4.78 is 44.7. The van der Waals surface area contributed by atoms with Gasteiger partial charge in [0.1, 0.15) is 11.7 Å². The number of benzene rings is 1. The second-order valence-electron chi connectivity index (χ2n) is 5.16. The van der Waals surface area contributed by atoms with Gasteiger partial charge in [0.05, 0.1) is 12.6 Å². The number of halogens is 3. The highest BCUT2D eigenvalue weighted by Crippen LogP contribution is 2.43. The van der Waals surface area contributed by atoms with Crippen LogP contribution in [0.1, 0.15) is 18.5 Å². The number of carbonyl (C=O) groups is 2. The van der Waals surface area contributed by atoms with Crippen molar-refractivity contribution in [2.75, 3.05) is 6.61 Å². The molecule has 0 radical (unpaired) electrons. The molecule has 7 nitrogen and oxygen atoms in total. The maximum absolute atomic E-state index is 13.4. The first-order valence-corrected chi connectivity index (χ1v) is 6.93. The van der Waals surface area contributed by atoms with Gasteiger partial charge in [0.15, 0.2) is 0 Å². The number of aromatic hydroxyl groups is 1. The summed E-state index contributed by atoms with van der Waals surface area (Å²) in [5.74, 6) is -3.84. The summed E-state index contributed by atoms with van der Waals surface area (Å²) >= 11 is 0. The van der Waals surface area contributed by atoms with E-state index in [9.17, 15) is 33.0 Å². The molecule has 0 spiro atoms. The fourth-order valence-electron chi connectivity index (χ4n) is 2.53. The molecule has 3 atom stereocenters. The number of phenols is 1. The highest BCUT2D eigenvalue weighted by Gasteiger charge is 2.67. The van der Waals surface area contributed by atoms with E-state index in [0.717, 1.165) is 6.07 Å². The summed E-state index contributed by atoms with van der Waals surface area (Å²) in [5.41, 5.74) is -3.82. The maximum atomic E-state index is 13.4. The van der Waals surface area contributed by atoms with Crippen LogP contribution in [0, 0.1) is 5.92 Å². The van der Waals surface area contributed by atoms with Crippen molar-refractivity contribution in [2.45, 2.75) is 24.9 Å². The van der Waals surface area contributed by atoms with E-state index in [1.165, 1.54) is 30.4 Å². The Labute approximate surface area is 134 Å². The molecule has 1 aromatic carbocycles. The van der Waals surface area contributed by atoms with E-state index in [4.69, 9.17) is 0 Å². The standard InChI is InChI=1S/C14H15F3N2O5/c1-2-24-11(21)9-10(7-4-3-5-8(20)6-7)18-12(22)19-13(9,23)14(15,16)17/h3-6,9-10,20,23H,2H2,1H3,(H2,18,19,22)/t9-,10+,13-/m0/s1. The first-order valence-electron chi connectivity index (χ1n) is 6.93. The fourth-order valence-corrected chi connectivity index (χ4v) is 2.53. The van der Waals surface area contributed by atoms with Crippen molar-refractivity contribution in [2.24, 2.45) is 5.92 Å². The van der Waals surface area contributed by atoms with Crippen LogP contribution >= 0.6 is 0 Å². The lowest BCUT2D eigenvalue weighted by molar-refractivity contribution is -0.294. The molecule has 2 rings (SSSR count). The van der Waals surface area contributed by atoms with Gasteiger partial charge in [-0.05, 0) is 24.6 Å². The molecule has 4 N–H and O–H groups in total. The third-order valence-electron chi connectivity index (χ3n) is 3.58. The van der Waals surface area contributed by atoms with Crippen molar-refractivity contribution in [1.82, 2.24) is 10.6 Å². The molecule has 1 aliphatic heterocycles. The van der Waals surface area contributed by atoms with E-state index >= 15 is 0 Å². The SMILES string of the molecule is CCOC(=O)[C@@H]1[C@@H](c2cccc(O)c2)NC(=O)N[C@@]1(O)C(F)(F)F. The maximum Gasteiger partial charge on any atom is 0.437 e. The Kier molecular flexibility index (Phi) is 4.61. The molecule has 0 aliphatic carbocycles. The Bertz CT molecular complexity index is 652. The van der Waals surface area contributed by atoms with Gasteiger partial charge in [0.25, 0.3) is 5.72 Å². The van der Waals surface area contributed by atoms with Gasteiger partial charge in [-0.3, -0.25) is 4.79 Å². The predicted octanol–water partition coefficient (Wildman–Crippen LogP) is 1.18. The van der Waals surface area contributed by atoms with Crippen LogP contribution in [-0.4, -0.2) is 40.7 Å². The molecular formula is C14H15F3N2O5. The van der Waals surface area contributed by atoms with Crippen LogP contribution in [0.15, 0.2) is 24.3 Å². The Hall–Kier alpha value is -2.49. The molecule has 10 heteroatoms. The lowest BCUT2D eigenvalue weighted by Gasteiger charge is -2.44. The number of alkyl halides is 3. The number of carbonyl (C=O) groups excluding carboxylic acids is 2. The van der Waals surface area contributed by atoms with Crippen LogP contribution in [0.25, 0.3) is 0 Å². The monoisotopic (exact) mass is 348 g/mol. The van der Waals surface area contributed by atoms with Gasteiger partial charge in [-0.15, -0.1) is 0 Å². The number of nitrogens with one attached hydrogen (secondary N) is 2. The minimum Gasteiger partial charge on any atom is -0.508 e. The highest BCUT2D eigenvalue weighted by molar-refractivity contribution is 5.83. The first kappa shape index (κ1) is 17.9. The minimum absolute atomic E-state index is 0.00516. The Morgan fingerprint density at radius 1 is 1.42 bits per heavy atom. The average molecular weight is 348 g/mol. The number of phenolic OH excluding ortho intramolecular Hbond substituents is 1. The van der Waals surface area contributed by atoms with Crippen molar-refractivity contribution in [3.63, 3.8) is 0 Å². The van der Waals surface area contributed by atoms with Gasteiger partial charge in [-0.25, -0.2) is 4.79 Å². The fraction of sp³-hybridized carbons (Fsp3) is 0.429. The molecule has 1 aliphatic rings. The largest absolute Gasteiger partial charge is 0.508 e. The summed E-state index contributed by atoms with van der Waals surface area (Å²) in [6.07, 6.45) is -5.34. The van der Waals surface area contributed by atoms with Crippen LogP contribution in [0.4, 0.5) is 18.0 Å². The minimum atomic E-state index is -5.34. The van der Waals surface area contributed by atoms with Crippen molar-refractivity contribution < 1.29 is 37.7 Å². The zero-order valence-corrected chi connectivity index (χ0v) is 12.4. The number of amides is 2. The molecule has 1 aromatic rings. The highest BCUT2D eigenvalue weighted by atomic mass is 19.4. The molecule has 0 unspecified atom stereocenters. The number of hydrogen-bond donors (Lipinski definition) is 4. The van der Waals surface area contributed by atoms with Crippen molar-refractivity contribution in [3.8, 4) is 5.75 Å². The van der Waals surface area contributed by atoms with Gasteiger partial charge in [-0.1, -0.05) is 12.1 Å². The van der Waals surface area contributed by atoms with Crippen LogP contribution in [-0.2, 0) is 9.53 Å². The molecule has 0 aromatic heterocycles. The number of esters is 1. The third kappa shape index (κ3) is 3.09. The number of aliphatic hydroxyl groups is 1. The Morgan fingerprint density at radius 2 is 2.08 bits per heavy atom. The molecule has 0 saturated carbocycles. The number of rotatable bonds is 3. The quantitative estimate of drug-likeness (QED) is 0.614. The second kappa shape index (κ2) is 6.19. The van der Waals surface area contributed by atoms with Gasteiger partial charge in [0, 0.05) is 0 Å². The van der Waals surface area contributed by atoms with Crippen molar-refractivity contribution in [1.29, 1.82) is 0 Å². The van der Waals surface area contributed by atoms with E-state index in [1.807, 2.05) is 0 Å². The van der Waals surface area contributed by atoms with E-state index in [2.05, 4.69) is 10.1 Å². The van der Waals surface area contributed by atoms with Crippen LogP contribution < -0.4 is 10.6 Å². The summed E-state index contributed by atoms with van der Waals surface area (Å²) in [5, 5.41) is 23.1. The zero-order valence-electron chi connectivity index (χ0n) is 12.4. The van der Waals surface area contributed by atoms with Gasteiger partial charge in [0.2, 0.25) is 0 Å². The Balaban J connectivity index is 2.57. The average Bonchev–Trinajstić information content (AvgIpc) is 2.45. The Morgan fingerprint density at radius 3 is 2.62 bits per heavy atom. The van der Waals surface area contributed by atoms with E-state index in [-0.39, 0.29) is 17.9 Å². The number of ether oxygens (including phenoxy) is 1. The van der Waals surface area contributed by atoms with Crippen molar-refractivity contribution in [3.05, 3.63) is 29.8 Å². The van der Waals surface area contributed by atoms with E-state index < -0.39 is 35.9 Å². The van der Waals surface area contributed by atoms with E-state index in [1.54, 1.807) is 0 Å². The smallest absolute Gasteiger partial charge is 0.437 e. The zero-order chi connectivity index (χ0) is 18.1. The topological polar surface area (TPSA) is 108 Å². The summed E-state index contributed by atoms with van der Waals surface area (Å²) in [4.78, 5) is 23.7. The predicted molar refractivity (Wildman–Crippen MR) is 73.6 cm³/mol. The lowest BCUT2D eigenvalue weighted by Crippen LogP contribution is -2.73. The summed E-state index contributed by atoms with van der Waals surface area (Å²) in [6.45, 7) is 1.17. The molecular weight excluding hydrogens is 333 g/mol.